The molecule has 3 nitrogen and oxygen atoms in total. The molecule has 0 amide bonds. The maximum Gasteiger partial charge on any atom is 0.120 e. The van der Waals surface area contributed by atoms with Gasteiger partial charge in [0.15, 0.2) is 0 Å². The number of hydrogen-bond donors (Lipinski definition) is 1. The van der Waals surface area contributed by atoms with Crippen LogP contribution < -0.4 is 10.5 Å². The molecule has 0 radical (unpaired) electrons. The SMILES string of the molecule is CC1(CN)CCN(Cc2cccc(OC3CCCC3)c2)C1.Cl. The van der Waals surface area contributed by atoms with Crippen LogP contribution in [0.25, 0.3) is 0 Å². The first-order valence-corrected chi connectivity index (χ1v) is 8.35. The maximum atomic E-state index is 6.10. The van der Waals surface area contributed by atoms with Gasteiger partial charge in [0.05, 0.1) is 6.10 Å². The molecular weight excluding hydrogens is 296 g/mol. The highest BCUT2D eigenvalue weighted by Crippen LogP contribution is 2.30. The lowest BCUT2D eigenvalue weighted by atomic mass is 9.90. The minimum absolute atomic E-state index is 0. The van der Waals surface area contributed by atoms with Crippen LogP contribution in [0.15, 0.2) is 24.3 Å². The van der Waals surface area contributed by atoms with Crippen molar-refractivity contribution < 1.29 is 4.74 Å². The summed E-state index contributed by atoms with van der Waals surface area (Å²) in [6, 6.07) is 8.64. The number of hydrogen-bond acceptors (Lipinski definition) is 3. The number of nitrogens with two attached hydrogens (primary N) is 1. The van der Waals surface area contributed by atoms with Crippen molar-refractivity contribution in [2.45, 2.75) is 51.7 Å². The van der Waals surface area contributed by atoms with Crippen LogP contribution in [-0.2, 0) is 6.54 Å². The van der Waals surface area contributed by atoms with Crippen molar-refractivity contribution in [2.24, 2.45) is 11.1 Å². The zero-order valence-electron chi connectivity index (χ0n) is 13.6. The lowest BCUT2D eigenvalue weighted by molar-refractivity contribution is 0.209. The monoisotopic (exact) mass is 324 g/mol. The molecule has 124 valence electrons. The van der Waals surface area contributed by atoms with Crippen LogP contribution in [-0.4, -0.2) is 30.6 Å². The lowest BCUT2D eigenvalue weighted by Crippen LogP contribution is -2.31. The fourth-order valence-electron chi connectivity index (χ4n) is 3.60. The number of benzene rings is 1. The summed E-state index contributed by atoms with van der Waals surface area (Å²) in [4.78, 5) is 2.52. The molecule has 4 heteroatoms. The first-order chi connectivity index (χ1) is 10.2. The summed E-state index contributed by atoms with van der Waals surface area (Å²) in [5, 5.41) is 0. The van der Waals surface area contributed by atoms with Crippen LogP contribution in [0.1, 0.15) is 44.6 Å². The average molecular weight is 325 g/mol. The Morgan fingerprint density at radius 2 is 2.09 bits per heavy atom. The third-order valence-corrected chi connectivity index (χ3v) is 5.04. The molecule has 2 N–H and O–H groups in total. The van der Waals surface area contributed by atoms with Crippen LogP contribution in [0, 0.1) is 5.41 Å². The third-order valence-electron chi connectivity index (χ3n) is 5.04. The molecule has 1 saturated carbocycles. The van der Waals surface area contributed by atoms with Crippen LogP contribution in [0.3, 0.4) is 0 Å². The Kier molecular flexibility index (Phi) is 6.13. The Morgan fingerprint density at radius 3 is 2.77 bits per heavy atom. The van der Waals surface area contributed by atoms with Crippen LogP contribution in [0.4, 0.5) is 0 Å². The summed E-state index contributed by atoms with van der Waals surface area (Å²) in [5.74, 6) is 1.04. The first-order valence-electron chi connectivity index (χ1n) is 8.35. The van der Waals surface area contributed by atoms with Gasteiger partial charge < -0.3 is 10.5 Å². The molecule has 1 saturated heterocycles. The van der Waals surface area contributed by atoms with Gasteiger partial charge in [-0.25, -0.2) is 0 Å². The Balaban J connectivity index is 0.00000176. The minimum atomic E-state index is 0. The number of likely N-dealkylation sites (tertiary alicyclic amines) is 1. The van der Waals surface area contributed by atoms with Crippen molar-refractivity contribution in [3.8, 4) is 5.75 Å². The van der Waals surface area contributed by atoms with Crippen molar-refractivity contribution in [3.63, 3.8) is 0 Å². The zero-order valence-corrected chi connectivity index (χ0v) is 14.4. The average Bonchev–Trinajstić information content (AvgIpc) is 3.10. The van der Waals surface area contributed by atoms with Crippen molar-refractivity contribution in [3.05, 3.63) is 29.8 Å². The summed E-state index contributed by atoms with van der Waals surface area (Å²) in [7, 11) is 0. The van der Waals surface area contributed by atoms with Gasteiger partial charge >= 0.3 is 0 Å². The molecule has 0 aromatic heterocycles. The van der Waals surface area contributed by atoms with Gasteiger partial charge in [0.25, 0.3) is 0 Å². The molecule has 2 aliphatic rings. The second-order valence-electron chi connectivity index (χ2n) is 7.15. The van der Waals surface area contributed by atoms with Crippen molar-refractivity contribution in [1.82, 2.24) is 4.90 Å². The Morgan fingerprint density at radius 1 is 1.32 bits per heavy atom. The highest BCUT2D eigenvalue weighted by atomic mass is 35.5. The topological polar surface area (TPSA) is 38.5 Å². The normalized spacial score (nSPS) is 26.1. The second kappa shape index (κ2) is 7.67. The Labute approximate surface area is 140 Å². The number of halogens is 1. The molecule has 1 aliphatic heterocycles. The van der Waals surface area contributed by atoms with Gasteiger partial charge in [-0.15, -0.1) is 12.4 Å². The summed E-state index contributed by atoms with van der Waals surface area (Å²) in [6.45, 7) is 6.36. The lowest BCUT2D eigenvalue weighted by Gasteiger charge is -2.22. The number of nitrogens with zero attached hydrogens (tertiary/aromatic N) is 1. The van der Waals surface area contributed by atoms with E-state index in [-0.39, 0.29) is 12.4 Å². The molecule has 22 heavy (non-hydrogen) atoms. The fraction of sp³-hybridized carbons (Fsp3) is 0.667. The van der Waals surface area contributed by atoms with Gasteiger partial charge in [-0.3, -0.25) is 4.90 Å². The standard InChI is InChI=1S/C18H28N2O.ClH/c1-18(13-19)9-10-20(14-18)12-15-5-4-8-17(11-15)21-16-6-2-3-7-16;/h4-5,8,11,16H,2-3,6-7,9-10,12-14,19H2,1H3;1H. The zero-order chi connectivity index (χ0) is 14.7. The number of rotatable bonds is 5. The smallest absolute Gasteiger partial charge is 0.120 e. The summed E-state index contributed by atoms with van der Waals surface area (Å²) >= 11 is 0. The molecule has 1 unspecified atom stereocenters. The van der Waals surface area contributed by atoms with Crippen LogP contribution >= 0.6 is 12.4 Å². The van der Waals surface area contributed by atoms with Gasteiger partial charge in [0, 0.05) is 13.1 Å². The van der Waals surface area contributed by atoms with E-state index in [1.807, 2.05) is 0 Å². The molecule has 1 heterocycles. The van der Waals surface area contributed by atoms with Crippen LogP contribution in [0.2, 0.25) is 0 Å². The highest BCUT2D eigenvalue weighted by Gasteiger charge is 2.32. The quantitative estimate of drug-likeness (QED) is 0.899. The Bertz CT molecular complexity index is 476. The Hall–Kier alpha value is -0.770. The molecule has 1 atom stereocenters. The van der Waals surface area contributed by atoms with Crippen molar-refractivity contribution in [1.29, 1.82) is 0 Å². The van der Waals surface area contributed by atoms with Gasteiger partial charge in [-0.05, 0) is 68.3 Å². The molecule has 2 fully saturated rings. The van der Waals surface area contributed by atoms with Gasteiger partial charge in [-0.2, -0.15) is 0 Å². The molecule has 1 aromatic carbocycles. The van der Waals surface area contributed by atoms with Crippen LogP contribution in [0.5, 0.6) is 5.75 Å². The van der Waals surface area contributed by atoms with Crippen molar-refractivity contribution in [2.75, 3.05) is 19.6 Å². The summed E-state index contributed by atoms with van der Waals surface area (Å²) < 4.78 is 6.10. The summed E-state index contributed by atoms with van der Waals surface area (Å²) in [6.07, 6.45) is 6.71. The van der Waals surface area contributed by atoms with E-state index in [0.717, 1.165) is 31.9 Å². The molecule has 1 aliphatic carbocycles. The predicted molar refractivity (Wildman–Crippen MR) is 93.6 cm³/mol. The van der Waals surface area contributed by atoms with E-state index in [2.05, 4.69) is 36.1 Å². The van der Waals surface area contributed by atoms with Crippen molar-refractivity contribution >= 4 is 12.4 Å². The summed E-state index contributed by atoms with van der Waals surface area (Å²) in [5.41, 5.74) is 7.55. The van der Waals surface area contributed by atoms with E-state index in [0.29, 0.717) is 11.5 Å². The third kappa shape index (κ3) is 4.37. The minimum Gasteiger partial charge on any atom is -0.490 e. The predicted octanol–water partition coefficient (Wildman–Crippen LogP) is 3.60. The molecular formula is C18H29ClN2O. The second-order valence-corrected chi connectivity index (χ2v) is 7.15. The number of ether oxygens (including phenoxy) is 1. The van der Waals surface area contributed by atoms with E-state index in [9.17, 15) is 0 Å². The van der Waals surface area contributed by atoms with E-state index >= 15 is 0 Å². The largest absolute Gasteiger partial charge is 0.490 e. The fourth-order valence-corrected chi connectivity index (χ4v) is 3.60. The molecule has 0 bridgehead atoms. The van der Waals surface area contributed by atoms with E-state index in [4.69, 9.17) is 10.5 Å². The molecule has 3 rings (SSSR count). The van der Waals surface area contributed by atoms with E-state index < -0.39 is 0 Å². The van der Waals surface area contributed by atoms with Gasteiger partial charge in [0.2, 0.25) is 0 Å². The van der Waals surface area contributed by atoms with E-state index in [1.165, 1.54) is 37.7 Å². The molecule has 1 aromatic rings. The first kappa shape index (κ1) is 17.6. The van der Waals surface area contributed by atoms with E-state index in [1.54, 1.807) is 0 Å². The van der Waals surface area contributed by atoms with Gasteiger partial charge in [-0.1, -0.05) is 19.1 Å². The van der Waals surface area contributed by atoms with Gasteiger partial charge in [0.1, 0.15) is 5.75 Å². The highest BCUT2D eigenvalue weighted by molar-refractivity contribution is 5.85. The maximum absolute atomic E-state index is 6.10. The molecule has 0 spiro atoms.